The lowest BCUT2D eigenvalue weighted by Gasteiger charge is -2.02. The number of rotatable bonds is 1. The van der Waals surface area contributed by atoms with Crippen molar-refractivity contribution in [2.24, 2.45) is 0 Å². The lowest BCUT2D eigenvalue weighted by atomic mass is 10.1. The molecule has 12 heavy (non-hydrogen) atoms. The van der Waals surface area contributed by atoms with Gasteiger partial charge < -0.3 is 0 Å². The van der Waals surface area contributed by atoms with Crippen LogP contribution in [0, 0.1) is 6.92 Å². The average Bonchev–Trinajstić information content (AvgIpc) is 1.96. The zero-order chi connectivity index (χ0) is 9.30. The quantitative estimate of drug-likeness (QED) is 0.708. The second-order valence-electron chi connectivity index (χ2n) is 2.38. The van der Waals surface area contributed by atoms with Crippen LogP contribution in [-0.2, 0) is 0 Å². The van der Waals surface area contributed by atoms with Gasteiger partial charge in [0, 0.05) is 4.47 Å². The van der Waals surface area contributed by atoms with Crippen LogP contribution < -0.4 is 0 Å². The molecule has 0 fully saturated rings. The van der Waals surface area contributed by atoms with Gasteiger partial charge >= 0.3 is 0 Å². The summed E-state index contributed by atoms with van der Waals surface area (Å²) in [6, 6.07) is 3.48. The van der Waals surface area contributed by atoms with E-state index in [1.807, 2.05) is 13.0 Å². The molecule has 0 aliphatic carbocycles. The molecule has 0 saturated heterocycles. The van der Waals surface area contributed by atoms with Crippen LogP contribution in [0.3, 0.4) is 0 Å². The van der Waals surface area contributed by atoms with E-state index in [1.165, 1.54) is 0 Å². The first kappa shape index (κ1) is 10.0. The highest BCUT2D eigenvalue weighted by atomic mass is 79.9. The Labute approximate surface area is 88.8 Å². The van der Waals surface area contributed by atoms with Crippen molar-refractivity contribution in [1.29, 1.82) is 0 Å². The fourth-order valence-corrected chi connectivity index (χ4v) is 1.83. The highest BCUT2D eigenvalue weighted by Gasteiger charge is 2.10. The monoisotopic (exact) mass is 266 g/mol. The molecular weight excluding hydrogens is 263 g/mol. The minimum absolute atomic E-state index is 0.338. The van der Waals surface area contributed by atoms with E-state index in [9.17, 15) is 4.79 Å². The van der Waals surface area contributed by atoms with E-state index < -0.39 is 5.24 Å². The molecule has 0 amide bonds. The first-order valence-electron chi connectivity index (χ1n) is 3.18. The Kier molecular flexibility index (Phi) is 3.16. The second kappa shape index (κ2) is 3.77. The lowest BCUT2D eigenvalue weighted by Crippen LogP contribution is -1.92. The van der Waals surface area contributed by atoms with Crippen molar-refractivity contribution < 1.29 is 4.79 Å². The SMILES string of the molecule is Cc1cc(Br)c(Cl)c(C(=O)Cl)c1. The van der Waals surface area contributed by atoms with Crippen LogP contribution in [0.1, 0.15) is 15.9 Å². The van der Waals surface area contributed by atoms with E-state index in [-0.39, 0.29) is 0 Å². The largest absolute Gasteiger partial charge is 0.276 e. The van der Waals surface area contributed by atoms with E-state index >= 15 is 0 Å². The lowest BCUT2D eigenvalue weighted by molar-refractivity contribution is 0.108. The van der Waals surface area contributed by atoms with Crippen molar-refractivity contribution in [1.82, 2.24) is 0 Å². The van der Waals surface area contributed by atoms with Gasteiger partial charge in [-0.25, -0.2) is 0 Å². The predicted molar refractivity (Wildman–Crippen MR) is 54.1 cm³/mol. The molecule has 0 radical (unpaired) electrons. The highest BCUT2D eigenvalue weighted by Crippen LogP contribution is 2.28. The van der Waals surface area contributed by atoms with Gasteiger partial charge in [-0.05, 0) is 52.2 Å². The zero-order valence-corrected chi connectivity index (χ0v) is 9.29. The van der Waals surface area contributed by atoms with Crippen molar-refractivity contribution >= 4 is 44.4 Å². The molecule has 1 aromatic rings. The van der Waals surface area contributed by atoms with E-state index in [2.05, 4.69) is 15.9 Å². The Balaban J connectivity index is 3.37. The molecule has 0 atom stereocenters. The third-order valence-electron chi connectivity index (χ3n) is 1.38. The van der Waals surface area contributed by atoms with Crippen LogP contribution >= 0.6 is 39.1 Å². The summed E-state index contributed by atoms with van der Waals surface area (Å²) in [6.07, 6.45) is 0. The van der Waals surface area contributed by atoms with Gasteiger partial charge in [0.2, 0.25) is 0 Å². The molecule has 4 heteroatoms. The summed E-state index contributed by atoms with van der Waals surface area (Å²) in [4.78, 5) is 10.8. The Morgan fingerprint density at radius 3 is 2.58 bits per heavy atom. The van der Waals surface area contributed by atoms with E-state index in [0.29, 0.717) is 15.1 Å². The summed E-state index contributed by atoms with van der Waals surface area (Å²) in [5, 5.41) is -0.176. The van der Waals surface area contributed by atoms with Gasteiger partial charge in [-0.1, -0.05) is 11.6 Å². The second-order valence-corrected chi connectivity index (χ2v) is 3.96. The molecule has 0 aromatic heterocycles. The molecule has 64 valence electrons. The maximum absolute atomic E-state index is 10.8. The molecule has 1 nitrogen and oxygen atoms in total. The van der Waals surface area contributed by atoms with Gasteiger partial charge in [-0.2, -0.15) is 0 Å². The number of carbonyl (C=O) groups is 1. The van der Waals surface area contributed by atoms with Crippen molar-refractivity contribution in [3.05, 3.63) is 32.8 Å². The van der Waals surface area contributed by atoms with Crippen molar-refractivity contribution in [3.63, 3.8) is 0 Å². The standard InChI is InChI=1S/C8H5BrCl2O/c1-4-2-5(8(11)12)7(10)6(9)3-4/h2-3H,1H3. The third-order valence-corrected chi connectivity index (χ3v) is 2.85. The molecule has 0 aliphatic rings. The van der Waals surface area contributed by atoms with Crippen LogP contribution in [0.15, 0.2) is 16.6 Å². The first-order valence-corrected chi connectivity index (χ1v) is 4.72. The minimum atomic E-state index is -0.538. The van der Waals surface area contributed by atoms with E-state index in [0.717, 1.165) is 5.56 Å². The number of aryl methyl sites for hydroxylation is 1. The van der Waals surface area contributed by atoms with Gasteiger partial charge in [0.25, 0.3) is 5.24 Å². The number of carbonyl (C=O) groups excluding carboxylic acids is 1. The van der Waals surface area contributed by atoms with Gasteiger partial charge in [0.1, 0.15) is 0 Å². The fraction of sp³-hybridized carbons (Fsp3) is 0.125. The molecule has 0 spiro atoms. The summed E-state index contributed by atoms with van der Waals surface area (Å²) in [6.45, 7) is 1.87. The van der Waals surface area contributed by atoms with Gasteiger partial charge in [-0.15, -0.1) is 0 Å². The van der Waals surface area contributed by atoms with Gasteiger partial charge in [0.05, 0.1) is 10.6 Å². The van der Waals surface area contributed by atoms with E-state index in [1.54, 1.807) is 6.07 Å². The Morgan fingerprint density at radius 2 is 2.08 bits per heavy atom. The number of halogens is 3. The Morgan fingerprint density at radius 1 is 1.50 bits per heavy atom. The van der Waals surface area contributed by atoms with E-state index in [4.69, 9.17) is 23.2 Å². The third kappa shape index (κ3) is 2.00. The smallest absolute Gasteiger partial charge is 0.253 e. The molecule has 1 aromatic carbocycles. The van der Waals surface area contributed by atoms with Crippen LogP contribution in [0.2, 0.25) is 5.02 Å². The summed E-state index contributed by atoms with van der Waals surface area (Å²) in [5.41, 5.74) is 1.28. The molecule has 0 N–H and O–H groups in total. The zero-order valence-electron chi connectivity index (χ0n) is 6.20. The van der Waals surface area contributed by atoms with Gasteiger partial charge in [0.15, 0.2) is 0 Å². The Bertz CT molecular complexity index is 336. The summed E-state index contributed by atoms with van der Waals surface area (Å²) < 4.78 is 0.688. The molecule has 0 heterocycles. The summed E-state index contributed by atoms with van der Waals surface area (Å²) in [7, 11) is 0. The van der Waals surface area contributed by atoms with Crippen LogP contribution in [-0.4, -0.2) is 5.24 Å². The topological polar surface area (TPSA) is 17.1 Å². The normalized spacial score (nSPS) is 10.0. The van der Waals surface area contributed by atoms with Gasteiger partial charge in [-0.3, -0.25) is 4.79 Å². The molecule has 0 unspecified atom stereocenters. The maximum atomic E-state index is 10.8. The molecule has 0 aliphatic heterocycles. The van der Waals surface area contributed by atoms with Crippen LogP contribution in [0.4, 0.5) is 0 Å². The predicted octanol–water partition coefficient (Wildman–Crippen LogP) is 3.79. The number of hydrogen-bond donors (Lipinski definition) is 0. The maximum Gasteiger partial charge on any atom is 0.253 e. The number of hydrogen-bond acceptors (Lipinski definition) is 1. The minimum Gasteiger partial charge on any atom is -0.276 e. The van der Waals surface area contributed by atoms with Crippen LogP contribution in [0.25, 0.3) is 0 Å². The molecule has 1 rings (SSSR count). The molecular formula is C8H5BrCl2O. The fourth-order valence-electron chi connectivity index (χ4n) is 0.868. The van der Waals surface area contributed by atoms with Crippen molar-refractivity contribution in [2.75, 3.05) is 0 Å². The first-order chi connectivity index (χ1) is 5.52. The summed E-state index contributed by atoms with van der Waals surface area (Å²) >= 11 is 14.3. The summed E-state index contributed by atoms with van der Waals surface area (Å²) in [5.74, 6) is 0. The highest BCUT2D eigenvalue weighted by molar-refractivity contribution is 9.10. The van der Waals surface area contributed by atoms with Crippen molar-refractivity contribution in [3.8, 4) is 0 Å². The number of benzene rings is 1. The van der Waals surface area contributed by atoms with Crippen LogP contribution in [0.5, 0.6) is 0 Å². The average molecular weight is 268 g/mol. The molecule has 0 saturated carbocycles. The van der Waals surface area contributed by atoms with Crippen molar-refractivity contribution in [2.45, 2.75) is 6.92 Å². The Hall–Kier alpha value is -0.0500. The molecule has 0 bridgehead atoms.